The molecule has 1 saturated carbocycles. The van der Waals surface area contributed by atoms with E-state index in [0.29, 0.717) is 5.92 Å². The lowest BCUT2D eigenvalue weighted by molar-refractivity contribution is 0.201. The van der Waals surface area contributed by atoms with Gasteiger partial charge in [-0.05, 0) is 42.9 Å². The molecule has 0 amide bonds. The van der Waals surface area contributed by atoms with Crippen LogP contribution in [0.5, 0.6) is 5.75 Å². The fourth-order valence-electron chi connectivity index (χ4n) is 2.48. The van der Waals surface area contributed by atoms with Gasteiger partial charge in [0.2, 0.25) is 0 Å². The van der Waals surface area contributed by atoms with Crippen LogP contribution >= 0.6 is 0 Å². The summed E-state index contributed by atoms with van der Waals surface area (Å²) in [5.74, 6) is 1.33. The van der Waals surface area contributed by atoms with Crippen LogP contribution in [-0.4, -0.2) is 7.11 Å². The van der Waals surface area contributed by atoms with E-state index in [-0.39, 0.29) is 5.41 Å². The van der Waals surface area contributed by atoms with E-state index in [1.165, 1.54) is 0 Å². The first kappa shape index (κ1) is 11.0. The summed E-state index contributed by atoms with van der Waals surface area (Å²) in [4.78, 5) is 0. The van der Waals surface area contributed by atoms with Crippen molar-refractivity contribution >= 4 is 0 Å². The molecule has 1 aliphatic carbocycles. The predicted molar refractivity (Wildman–Crippen MR) is 63.4 cm³/mol. The molecule has 2 atom stereocenters. The minimum Gasteiger partial charge on any atom is -0.496 e. The number of nitriles is 1. The first-order valence-electron chi connectivity index (χ1n) is 5.70. The minimum atomic E-state index is -0.277. The molecule has 2 unspecified atom stereocenters. The molecule has 84 valence electrons. The SMILES string of the molecule is COc1cc(C2(C#N)CCC2C)ccc1C. The molecular formula is C14H17NO. The van der Waals surface area contributed by atoms with Crippen LogP contribution in [0.3, 0.4) is 0 Å². The molecule has 1 fully saturated rings. The summed E-state index contributed by atoms with van der Waals surface area (Å²) in [5.41, 5.74) is 1.95. The van der Waals surface area contributed by atoms with Crippen LogP contribution in [0.1, 0.15) is 30.9 Å². The molecule has 16 heavy (non-hydrogen) atoms. The third-order valence-electron chi connectivity index (χ3n) is 3.94. The number of rotatable bonds is 2. The van der Waals surface area contributed by atoms with E-state index in [1.807, 2.05) is 19.1 Å². The molecule has 1 aromatic carbocycles. The van der Waals surface area contributed by atoms with E-state index in [4.69, 9.17) is 4.74 Å². The van der Waals surface area contributed by atoms with Crippen molar-refractivity contribution in [3.05, 3.63) is 29.3 Å². The van der Waals surface area contributed by atoms with E-state index in [2.05, 4.69) is 19.1 Å². The van der Waals surface area contributed by atoms with Gasteiger partial charge in [0.25, 0.3) is 0 Å². The summed E-state index contributed by atoms with van der Waals surface area (Å²) in [6, 6.07) is 8.62. The largest absolute Gasteiger partial charge is 0.496 e. The number of benzene rings is 1. The molecular weight excluding hydrogens is 198 g/mol. The van der Waals surface area contributed by atoms with Crippen LogP contribution in [0.25, 0.3) is 0 Å². The van der Waals surface area contributed by atoms with Gasteiger partial charge in [0, 0.05) is 0 Å². The van der Waals surface area contributed by atoms with Gasteiger partial charge in [-0.3, -0.25) is 0 Å². The lowest BCUT2D eigenvalue weighted by Crippen LogP contribution is -2.41. The van der Waals surface area contributed by atoms with Crippen molar-refractivity contribution in [2.75, 3.05) is 7.11 Å². The summed E-state index contributed by atoms with van der Waals surface area (Å²) in [5, 5.41) is 9.40. The lowest BCUT2D eigenvalue weighted by Gasteiger charge is -2.43. The maximum Gasteiger partial charge on any atom is 0.122 e. The Morgan fingerprint density at radius 1 is 1.50 bits per heavy atom. The fraction of sp³-hybridized carbons (Fsp3) is 0.500. The highest BCUT2D eigenvalue weighted by atomic mass is 16.5. The van der Waals surface area contributed by atoms with E-state index < -0.39 is 0 Å². The van der Waals surface area contributed by atoms with Gasteiger partial charge in [-0.2, -0.15) is 5.26 Å². The molecule has 0 bridgehead atoms. The van der Waals surface area contributed by atoms with Gasteiger partial charge in [-0.15, -0.1) is 0 Å². The van der Waals surface area contributed by atoms with Crippen molar-refractivity contribution in [1.82, 2.24) is 0 Å². The molecule has 0 spiro atoms. The molecule has 0 N–H and O–H groups in total. The van der Waals surface area contributed by atoms with E-state index in [1.54, 1.807) is 7.11 Å². The Balaban J connectivity index is 2.45. The molecule has 0 aromatic heterocycles. The normalized spacial score (nSPS) is 28.0. The first-order valence-corrected chi connectivity index (χ1v) is 5.70. The molecule has 2 heteroatoms. The average molecular weight is 215 g/mol. The Labute approximate surface area is 96.9 Å². The second-order valence-corrected chi connectivity index (χ2v) is 4.71. The van der Waals surface area contributed by atoms with Gasteiger partial charge < -0.3 is 4.74 Å². The van der Waals surface area contributed by atoms with Crippen LogP contribution in [0.4, 0.5) is 0 Å². The van der Waals surface area contributed by atoms with Crippen LogP contribution in [-0.2, 0) is 5.41 Å². The summed E-state index contributed by atoms with van der Waals surface area (Å²) in [6.07, 6.45) is 2.11. The maximum atomic E-state index is 9.40. The first-order chi connectivity index (χ1) is 7.64. The molecule has 0 heterocycles. The van der Waals surface area contributed by atoms with Gasteiger partial charge in [0.1, 0.15) is 5.75 Å². The van der Waals surface area contributed by atoms with Gasteiger partial charge in [0.05, 0.1) is 18.6 Å². The van der Waals surface area contributed by atoms with E-state index in [0.717, 1.165) is 29.7 Å². The Kier molecular flexibility index (Phi) is 2.63. The predicted octanol–water partition coefficient (Wildman–Crippen LogP) is 3.19. The molecule has 1 aromatic rings. The van der Waals surface area contributed by atoms with Crippen molar-refractivity contribution in [2.45, 2.75) is 32.1 Å². The lowest BCUT2D eigenvalue weighted by atomic mass is 9.58. The summed E-state index contributed by atoms with van der Waals surface area (Å²) >= 11 is 0. The number of aryl methyl sites for hydroxylation is 1. The highest BCUT2D eigenvalue weighted by Crippen LogP contribution is 2.48. The zero-order valence-corrected chi connectivity index (χ0v) is 10.1. The number of hydrogen-bond acceptors (Lipinski definition) is 2. The number of hydrogen-bond donors (Lipinski definition) is 0. The second kappa shape index (κ2) is 3.83. The van der Waals surface area contributed by atoms with Crippen molar-refractivity contribution in [3.8, 4) is 11.8 Å². The standard InChI is InChI=1S/C14H17NO/c1-10-4-5-12(8-13(10)16-3)14(9-15)7-6-11(14)2/h4-5,8,11H,6-7H2,1-3H3. The van der Waals surface area contributed by atoms with Crippen molar-refractivity contribution in [1.29, 1.82) is 5.26 Å². The molecule has 2 nitrogen and oxygen atoms in total. The molecule has 0 saturated heterocycles. The van der Waals surface area contributed by atoms with Crippen LogP contribution in [0.15, 0.2) is 18.2 Å². The Hall–Kier alpha value is -1.49. The van der Waals surface area contributed by atoms with Gasteiger partial charge in [-0.25, -0.2) is 0 Å². The van der Waals surface area contributed by atoms with Crippen molar-refractivity contribution in [3.63, 3.8) is 0 Å². The third-order valence-corrected chi connectivity index (χ3v) is 3.94. The molecule has 0 radical (unpaired) electrons. The minimum absolute atomic E-state index is 0.277. The van der Waals surface area contributed by atoms with Gasteiger partial charge in [0.15, 0.2) is 0 Å². The van der Waals surface area contributed by atoms with Crippen molar-refractivity contribution in [2.24, 2.45) is 5.92 Å². The van der Waals surface area contributed by atoms with Crippen molar-refractivity contribution < 1.29 is 4.74 Å². The summed E-state index contributed by atoms with van der Waals surface area (Å²) < 4.78 is 5.32. The zero-order chi connectivity index (χ0) is 11.8. The zero-order valence-electron chi connectivity index (χ0n) is 10.1. The summed E-state index contributed by atoms with van der Waals surface area (Å²) in [6.45, 7) is 4.17. The number of nitrogens with zero attached hydrogens (tertiary/aromatic N) is 1. The topological polar surface area (TPSA) is 33.0 Å². The Morgan fingerprint density at radius 2 is 2.25 bits per heavy atom. The monoisotopic (exact) mass is 215 g/mol. The smallest absolute Gasteiger partial charge is 0.122 e. The highest BCUT2D eigenvalue weighted by molar-refractivity contribution is 5.44. The average Bonchev–Trinajstić information content (AvgIpc) is 2.30. The van der Waals surface area contributed by atoms with Gasteiger partial charge >= 0.3 is 0 Å². The number of methoxy groups -OCH3 is 1. The molecule has 2 rings (SSSR count). The third kappa shape index (κ3) is 1.39. The number of ether oxygens (including phenoxy) is 1. The van der Waals surface area contributed by atoms with Gasteiger partial charge in [-0.1, -0.05) is 19.1 Å². The maximum absolute atomic E-state index is 9.40. The molecule has 1 aliphatic rings. The molecule has 0 aliphatic heterocycles. The fourth-order valence-corrected chi connectivity index (χ4v) is 2.48. The van der Waals surface area contributed by atoms with Crippen LogP contribution in [0.2, 0.25) is 0 Å². The Morgan fingerprint density at radius 3 is 2.69 bits per heavy atom. The quantitative estimate of drug-likeness (QED) is 0.759. The summed E-state index contributed by atoms with van der Waals surface area (Å²) in [7, 11) is 1.68. The van der Waals surface area contributed by atoms with Crippen LogP contribution in [0, 0.1) is 24.2 Å². The highest BCUT2D eigenvalue weighted by Gasteiger charge is 2.46. The second-order valence-electron chi connectivity index (χ2n) is 4.71. The van der Waals surface area contributed by atoms with E-state index in [9.17, 15) is 5.26 Å². The Bertz CT molecular complexity index is 447. The van der Waals surface area contributed by atoms with E-state index >= 15 is 0 Å². The van der Waals surface area contributed by atoms with Crippen LogP contribution < -0.4 is 4.74 Å².